The predicted octanol–water partition coefficient (Wildman–Crippen LogP) is 2.42. The van der Waals surface area contributed by atoms with Gasteiger partial charge in [-0.05, 0) is 51.6 Å². The number of likely N-dealkylation sites (N-methyl/N-ethyl adjacent to an activating group) is 1. The molecule has 0 aromatic carbocycles. The van der Waals surface area contributed by atoms with Crippen LogP contribution in [-0.4, -0.2) is 49.1 Å². The number of piperidine rings is 1. The van der Waals surface area contributed by atoms with Gasteiger partial charge in [-0.2, -0.15) is 0 Å². The van der Waals surface area contributed by atoms with E-state index in [0.29, 0.717) is 18.0 Å². The molecule has 5 atom stereocenters. The highest BCUT2D eigenvalue weighted by molar-refractivity contribution is 5.85. The van der Waals surface area contributed by atoms with E-state index in [0.717, 1.165) is 25.4 Å². The largest absolute Gasteiger partial charge is 0.352 e. The highest BCUT2D eigenvalue weighted by Crippen LogP contribution is 2.29. The van der Waals surface area contributed by atoms with Gasteiger partial charge < -0.3 is 10.6 Å². The van der Waals surface area contributed by atoms with Crippen LogP contribution in [0.15, 0.2) is 0 Å². The van der Waals surface area contributed by atoms with Crippen molar-refractivity contribution in [3.63, 3.8) is 0 Å². The molecule has 1 saturated heterocycles. The van der Waals surface area contributed by atoms with Gasteiger partial charge in [0.05, 0.1) is 6.04 Å². The fourth-order valence-corrected chi connectivity index (χ4v) is 3.85. The van der Waals surface area contributed by atoms with Gasteiger partial charge in [-0.15, -0.1) is 12.4 Å². The molecule has 1 aliphatic carbocycles. The molecule has 0 aromatic heterocycles. The van der Waals surface area contributed by atoms with E-state index in [2.05, 4.69) is 36.3 Å². The fourth-order valence-electron chi connectivity index (χ4n) is 3.85. The van der Waals surface area contributed by atoms with Gasteiger partial charge in [-0.25, -0.2) is 0 Å². The minimum atomic E-state index is -0.00872. The minimum absolute atomic E-state index is 0. The molecule has 5 heteroatoms. The van der Waals surface area contributed by atoms with Gasteiger partial charge in [0.2, 0.25) is 5.91 Å². The summed E-state index contributed by atoms with van der Waals surface area (Å²) in [5.74, 6) is 1.54. The van der Waals surface area contributed by atoms with Crippen molar-refractivity contribution in [2.24, 2.45) is 11.8 Å². The Morgan fingerprint density at radius 1 is 1.18 bits per heavy atom. The maximum absolute atomic E-state index is 12.6. The SMILES string of the molecule is CNC1CCCN(C(C)C(=O)NC2CCCC(C)C2C)C1.Cl. The predicted molar refractivity (Wildman–Crippen MR) is 94.5 cm³/mol. The maximum atomic E-state index is 12.6. The molecule has 130 valence electrons. The first kappa shape index (κ1) is 19.7. The van der Waals surface area contributed by atoms with Gasteiger partial charge in [0.15, 0.2) is 0 Å². The van der Waals surface area contributed by atoms with Gasteiger partial charge in [0.1, 0.15) is 0 Å². The molecule has 0 spiro atoms. The molecule has 1 aliphatic heterocycles. The van der Waals surface area contributed by atoms with E-state index in [4.69, 9.17) is 0 Å². The highest BCUT2D eigenvalue weighted by atomic mass is 35.5. The van der Waals surface area contributed by atoms with Gasteiger partial charge in [0, 0.05) is 18.6 Å². The second-order valence-corrected chi connectivity index (χ2v) is 7.18. The average Bonchev–Trinajstić information content (AvgIpc) is 2.51. The topological polar surface area (TPSA) is 44.4 Å². The van der Waals surface area contributed by atoms with E-state index < -0.39 is 0 Å². The van der Waals surface area contributed by atoms with E-state index in [1.54, 1.807) is 0 Å². The lowest BCUT2D eigenvalue weighted by Crippen LogP contribution is -2.55. The molecule has 1 saturated carbocycles. The molecule has 0 aromatic rings. The summed E-state index contributed by atoms with van der Waals surface area (Å²) >= 11 is 0. The van der Waals surface area contributed by atoms with E-state index in [1.165, 1.54) is 25.7 Å². The summed E-state index contributed by atoms with van der Waals surface area (Å²) in [6.45, 7) is 8.70. The molecule has 2 fully saturated rings. The number of carbonyl (C=O) groups is 1. The lowest BCUT2D eigenvalue weighted by atomic mass is 9.78. The smallest absolute Gasteiger partial charge is 0.237 e. The highest BCUT2D eigenvalue weighted by Gasteiger charge is 2.31. The third-order valence-electron chi connectivity index (χ3n) is 5.82. The Morgan fingerprint density at radius 3 is 2.59 bits per heavy atom. The maximum Gasteiger partial charge on any atom is 0.237 e. The molecule has 0 radical (unpaired) electrons. The van der Waals surface area contributed by atoms with E-state index >= 15 is 0 Å². The first-order valence-electron chi connectivity index (χ1n) is 8.74. The minimum Gasteiger partial charge on any atom is -0.352 e. The Hall–Kier alpha value is -0.320. The summed E-state index contributed by atoms with van der Waals surface area (Å²) in [5.41, 5.74) is 0. The van der Waals surface area contributed by atoms with Gasteiger partial charge >= 0.3 is 0 Å². The van der Waals surface area contributed by atoms with E-state index in [-0.39, 0.29) is 24.4 Å². The summed E-state index contributed by atoms with van der Waals surface area (Å²) in [5, 5.41) is 6.68. The van der Waals surface area contributed by atoms with Crippen molar-refractivity contribution in [3.05, 3.63) is 0 Å². The van der Waals surface area contributed by atoms with Crippen LogP contribution in [-0.2, 0) is 4.79 Å². The van der Waals surface area contributed by atoms with E-state index in [1.807, 2.05) is 7.05 Å². The molecule has 22 heavy (non-hydrogen) atoms. The number of halogens is 1. The molecule has 5 unspecified atom stereocenters. The zero-order chi connectivity index (χ0) is 15.4. The normalized spacial score (nSPS) is 34.5. The van der Waals surface area contributed by atoms with Crippen molar-refractivity contribution in [2.45, 2.75) is 71.0 Å². The van der Waals surface area contributed by atoms with Gasteiger partial charge in [0.25, 0.3) is 0 Å². The fraction of sp³-hybridized carbons (Fsp3) is 0.941. The van der Waals surface area contributed by atoms with Crippen molar-refractivity contribution < 1.29 is 4.79 Å². The van der Waals surface area contributed by atoms with Crippen LogP contribution in [0.2, 0.25) is 0 Å². The summed E-state index contributed by atoms with van der Waals surface area (Å²) in [6, 6.07) is 0.891. The summed E-state index contributed by atoms with van der Waals surface area (Å²) < 4.78 is 0. The summed E-state index contributed by atoms with van der Waals surface area (Å²) in [4.78, 5) is 14.9. The number of carbonyl (C=O) groups excluding carboxylic acids is 1. The van der Waals surface area contributed by atoms with Crippen molar-refractivity contribution >= 4 is 18.3 Å². The van der Waals surface area contributed by atoms with Crippen LogP contribution in [0.1, 0.15) is 52.9 Å². The lowest BCUT2D eigenvalue weighted by Gasteiger charge is -2.38. The quantitative estimate of drug-likeness (QED) is 0.831. The number of hydrogen-bond donors (Lipinski definition) is 2. The Labute approximate surface area is 142 Å². The van der Waals surface area contributed by atoms with Crippen LogP contribution in [0, 0.1) is 11.8 Å². The van der Waals surface area contributed by atoms with Crippen LogP contribution in [0.3, 0.4) is 0 Å². The second-order valence-electron chi connectivity index (χ2n) is 7.18. The summed E-state index contributed by atoms with van der Waals surface area (Å²) in [6.07, 6.45) is 6.09. The molecule has 2 aliphatic rings. The van der Waals surface area contributed by atoms with E-state index in [9.17, 15) is 4.79 Å². The zero-order valence-corrected chi connectivity index (χ0v) is 15.4. The summed E-state index contributed by atoms with van der Waals surface area (Å²) in [7, 11) is 2.02. The molecular formula is C17H34ClN3O. The van der Waals surface area contributed by atoms with Crippen molar-refractivity contribution in [1.82, 2.24) is 15.5 Å². The van der Waals surface area contributed by atoms with Crippen LogP contribution >= 0.6 is 12.4 Å². The number of amides is 1. The number of likely N-dealkylation sites (tertiary alicyclic amines) is 1. The monoisotopic (exact) mass is 331 g/mol. The molecular weight excluding hydrogens is 298 g/mol. The number of rotatable bonds is 4. The molecule has 2 rings (SSSR count). The van der Waals surface area contributed by atoms with Crippen LogP contribution in [0.25, 0.3) is 0 Å². The molecule has 0 bridgehead atoms. The molecule has 1 heterocycles. The van der Waals surface area contributed by atoms with Crippen LogP contribution < -0.4 is 10.6 Å². The second kappa shape index (κ2) is 9.09. The van der Waals surface area contributed by atoms with Crippen LogP contribution in [0.4, 0.5) is 0 Å². The first-order valence-corrected chi connectivity index (χ1v) is 8.74. The van der Waals surface area contributed by atoms with Crippen molar-refractivity contribution in [3.8, 4) is 0 Å². The van der Waals surface area contributed by atoms with Crippen molar-refractivity contribution in [2.75, 3.05) is 20.1 Å². The molecule has 2 N–H and O–H groups in total. The third kappa shape index (κ3) is 4.84. The lowest BCUT2D eigenvalue weighted by molar-refractivity contribution is -0.127. The Balaban J connectivity index is 0.00000242. The third-order valence-corrected chi connectivity index (χ3v) is 5.82. The first-order chi connectivity index (χ1) is 10.0. The van der Waals surface area contributed by atoms with Crippen molar-refractivity contribution in [1.29, 1.82) is 0 Å². The number of nitrogens with one attached hydrogen (secondary N) is 2. The average molecular weight is 332 g/mol. The Morgan fingerprint density at radius 2 is 1.91 bits per heavy atom. The number of hydrogen-bond acceptors (Lipinski definition) is 3. The van der Waals surface area contributed by atoms with Gasteiger partial charge in [-0.3, -0.25) is 9.69 Å². The van der Waals surface area contributed by atoms with Crippen LogP contribution in [0.5, 0.6) is 0 Å². The molecule has 4 nitrogen and oxygen atoms in total. The number of nitrogens with zero attached hydrogens (tertiary/aromatic N) is 1. The Kier molecular flexibility index (Phi) is 8.15. The Bertz CT molecular complexity index is 353. The van der Waals surface area contributed by atoms with Gasteiger partial charge in [-0.1, -0.05) is 26.7 Å². The molecule has 1 amide bonds. The zero-order valence-electron chi connectivity index (χ0n) is 14.6. The standard InChI is InChI=1S/C17H33N3O.ClH/c1-12-7-5-9-16(13(12)2)19-17(21)14(3)20-10-6-8-15(11-20)18-4;/h12-16,18H,5-11H2,1-4H3,(H,19,21);1H.